The lowest BCUT2D eigenvalue weighted by Gasteiger charge is -2.29. The van der Waals surface area contributed by atoms with E-state index in [4.69, 9.17) is 10.5 Å². The smallest absolute Gasteiger partial charge is 0.252 e. The van der Waals surface area contributed by atoms with E-state index >= 15 is 0 Å². The molecule has 1 aromatic rings. The third-order valence-electron chi connectivity index (χ3n) is 3.43. The SMILES string of the molecule is COc1ccc(S(=O)(=O)N2CCC[C@H](O)C2)cc1C(N)=O. The fourth-order valence-corrected chi connectivity index (χ4v) is 3.87. The molecule has 8 heteroatoms. The van der Waals surface area contributed by atoms with Crippen LogP contribution in [0.2, 0.25) is 0 Å². The zero-order valence-corrected chi connectivity index (χ0v) is 12.5. The first-order chi connectivity index (χ1) is 9.86. The summed E-state index contributed by atoms with van der Waals surface area (Å²) in [5.74, 6) is -0.539. The molecule has 0 unspecified atom stereocenters. The molecule has 116 valence electrons. The van der Waals surface area contributed by atoms with Gasteiger partial charge in [0.2, 0.25) is 10.0 Å². The van der Waals surface area contributed by atoms with Crippen molar-refractivity contribution in [1.29, 1.82) is 0 Å². The second kappa shape index (κ2) is 6.00. The Morgan fingerprint density at radius 3 is 2.76 bits per heavy atom. The Morgan fingerprint density at radius 1 is 1.48 bits per heavy atom. The molecule has 0 aromatic heterocycles. The number of sulfonamides is 1. The first-order valence-electron chi connectivity index (χ1n) is 6.52. The Labute approximate surface area is 123 Å². The number of carbonyl (C=O) groups excluding carboxylic acids is 1. The van der Waals surface area contributed by atoms with E-state index in [-0.39, 0.29) is 22.8 Å². The van der Waals surface area contributed by atoms with Crippen molar-refractivity contribution < 1.29 is 23.1 Å². The van der Waals surface area contributed by atoms with Crippen LogP contribution in [0.15, 0.2) is 23.1 Å². The number of nitrogens with two attached hydrogens (primary N) is 1. The maximum atomic E-state index is 12.5. The molecule has 1 amide bonds. The van der Waals surface area contributed by atoms with Crippen molar-refractivity contribution in [3.63, 3.8) is 0 Å². The highest BCUT2D eigenvalue weighted by molar-refractivity contribution is 7.89. The summed E-state index contributed by atoms with van der Waals surface area (Å²) in [7, 11) is -2.39. The third kappa shape index (κ3) is 3.17. The van der Waals surface area contributed by atoms with Crippen molar-refractivity contribution in [2.75, 3.05) is 20.2 Å². The largest absolute Gasteiger partial charge is 0.496 e. The number of benzene rings is 1. The second-order valence-electron chi connectivity index (χ2n) is 4.89. The zero-order valence-electron chi connectivity index (χ0n) is 11.7. The van der Waals surface area contributed by atoms with E-state index in [0.717, 1.165) is 0 Å². The quantitative estimate of drug-likeness (QED) is 0.809. The lowest BCUT2D eigenvalue weighted by Crippen LogP contribution is -2.42. The Bertz CT molecular complexity index is 644. The molecule has 1 aliphatic heterocycles. The van der Waals surface area contributed by atoms with Gasteiger partial charge in [-0.15, -0.1) is 0 Å². The molecule has 1 aliphatic rings. The van der Waals surface area contributed by atoms with Gasteiger partial charge in [0.25, 0.3) is 5.91 Å². The van der Waals surface area contributed by atoms with Crippen LogP contribution in [0.5, 0.6) is 5.75 Å². The van der Waals surface area contributed by atoms with Crippen molar-refractivity contribution in [2.45, 2.75) is 23.8 Å². The van der Waals surface area contributed by atoms with Crippen LogP contribution in [0.1, 0.15) is 23.2 Å². The monoisotopic (exact) mass is 314 g/mol. The van der Waals surface area contributed by atoms with Gasteiger partial charge in [0.05, 0.1) is 23.7 Å². The minimum absolute atomic E-state index is 0.0103. The van der Waals surface area contributed by atoms with E-state index in [9.17, 15) is 18.3 Å². The van der Waals surface area contributed by atoms with Gasteiger partial charge in [0, 0.05) is 13.1 Å². The fraction of sp³-hybridized carbons (Fsp3) is 0.462. The molecule has 1 fully saturated rings. The number of aliphatic hydroxyl groups excluding tert-OH is 1. The van der Waals surface area contributed by atoms with Crippen LogP contribution in [0.4, 0.5) is 0 Å². The predicted molar refractivity (Wildman–Crippen MR) is 75.5 cm³/mol. The molecule has 1 atom stereocenters. The van der Waals surface area contributed by atoms with Gasteiger partial charge in [-0.2, -0.15) is 4.31 Å². The minimum Gasteiger partial charge on any atom is -0.496 e. The standard InChI is InChI=1S/C13H18N2O5S/c1-20-12-5-4-10(7-11(12)13(14)17)21(18,19)15-6-2-3-9(16)8-15/h4-5,7,9,16H,2-3,6,8H2,1H3,(H2,14,17)/t9-/m0/s1. The number of aliphatic hydroxyl groups is 1. The molecule has 0 bridgehead atoms. The number of piperidine rings is 1. The number of hydrogen-bond acceptors (Lipinski definition) is 5. The number of β-amino-alcohol motifs (C(OH)–C–C–N with tert-alkyl or cyclic N) is 1. The van der Waals surface area contributed by atoms with Crippen LogP contribution in [0.3, 0.4) is 0 Å². The first kappa shape index (κ1) is 15.7. The Hall–Kier alpha value is -1.64. The highest BCUT2D eigenvalue weighted by atomic mass is 32.2. The predicted octanol–water partition coefficient (Wildman–Crippen LogP) is -0.0605. The summed E-state index contributed by atoms with van der Waals surface area (Å²) in [4.78, 5) is 11.3. The number of methoxy groups -OCH3 is 1. The van der Waals surface area contributed by atoms with Crippen molar-refractivity contribution >= 4 is 15.9 Å². The molecular weight excluding hydrogens is 296 g/mol. The van der Waals surface area contributed by atoms with E-state index in [1.165, 1.54) is 29.6 Å². The molecule has 2 rings (SSSR count). The lowest BCUT2D eigenvalue weighted by atomic mass is 10.1. The van der Waals surface area contributed by atoms with Crippen LogP contribution in [0.25, 0.3) is 0 Å². The van der Waals surface area contributed by atoms with Gasteiger partial charge in [-0.3, -0.25) is 4.79 Å². The second-order valence-corrected chi connectivity index (χ2v) is 6.82. The molecule has 0 aliphatic carbocycles. The number of primary amides is 1. The number of amides is 1. The third-order valence-corrected chi connectivity index (χ3v) is 5.29. The van der Waals surface area contributed by atoms with E-state index in [1.807, 2.05) is 0 Å². The van der Waals surface area contributed by atoms with Crippen molar-refractivity contribution in [3.05, 3.63) is 23.8 Å². The molecule has 1 aromatic carbocycles. The number of carbonyl (C=O) groups is 1. The molecular formula is C13H18N2O5S. The summed E-state index contributed by atoms with van der Waals surface area (Å²) < 4.78 is 31.3. The Morgan fingerprint density at radius 2 is 2.19 bits per heavy atom. The van der Waals surface area contributed by atoms with Gasteiger partial charge in [-0.25, -0.2) is 8.42 Å². The number of ether oxygens (including phenoxy) is 1. The summed E-state index contributed by atoms with van der Waals surface area (Å²) in [5, 5.41) is 9.61. The Kier molecular flexibility index (Phi) is 4.50. The number of hydrogen-bond donors (Lipinski definition) is 2. The topological polar surface area (TPSA) is 110 Å². The average molecular weight is 314 g/mol. The van der Waals surface area contributed by atoms with E-state index in [1.54, 1.807) is 0 Å². The van der Waals surface area contributed by atoms with Crippen LogP contribution in [-0.4, -0.2) is 50.0 Å². The summed E-state index contributed by atoms with van der Waals surface area (Å²) in [6.45, 7) is 0.400. The average Bonchev–Trinajstić information content (AvgIpc) is 2.46. The van der Waals surface area contributed by atoms with Gasteiger partial charge in [0.1, 0.15) is 5.75 Å². The zero-order chi connectivity index (χ0) is 15.6. The molecule has 7 nitrogen and oxygen atoms in total. The molecule has 21 heavy (non-hydrogen) atoms. The molecule has 0 spiro atoms. The summed E-state index contributed by atoms with van der Waals surface area (Å²) in [6.07, 6.45) is 0.516. The van der Waals surface area contributed by atoms with Gasteiger partial charge < -0.3 is 15.6 Å². The summed E-state index contributed by atoms with van der Waals surface area (Å²) in [5.41, 5.74) is 5.25. The number of rotatable bonds is 4. The molecule has 0 radical (unpaired) electrons. The molecule has 3 N–H and O–H groups in total. The maximum Gasteiger partial charge on any atom is 0.252 e. The van der Waals surface area contributed by atoms with Crippen molar-refractivity contribution in [2.24, 2.45) is 5.73 Å². The number of nitrogens with zero attached hydrogens (tertiary/aromatic N) is 1. The summed E-state index contributed by atoms with van der Waals surface area (Å²) in [6, 6.07) is 3.96. The lowest BCUT2D eigenvalue weighted by molar-refractivity contribution is 0.0996. The maximum absolute atomic E-state index is 12.5. The normalized spacial score (nSPS) is 20.2. The van der Waals surface area contributed by atoms with E-state index in [2.05, 4.69) is 0 Å². The van der Waals surface area contributed by atoms with Crippen LogP contribution in [0, 0.1) is 0 Å². The van der Waals surface area contributed by atoms with E-state index < -0.39 is 22.0 Å². The van der Waals surface area contributed by atoms with Gasteiger partial charge >= 0.3 is 0 Å². The van der Waals surface area contributed by atoms with Gasteiger partial charge in [-0.1, -0.05) is 0 Å². The first-order valence-corrected chi connectivity index (χ1v) is 7.96. The van der Waals surface area contributed by atoms with Gasteiger partial charge in [0.15, 0.2) is 0 Å². The Balaban J connectivity index is 2.40. The minimum atomic E-state index is -3.77. The van der Waals surface area contributed by atoms with E-state index in [0.29, 0.717) is 19.4 Å². The van der Waals surface area contributed by atoms with Crippen molar-refractivity contribution in [3.8, 4) is 5.75 Å². The molecule has 1 heterocycles. The van der Waals surface area contributed by atoms with Crippen molar-refractivity contribution in [1.82, 2.24) is 4.31 Å². The summed E-state index contributed by atoms with van der Waals surface area (Å²) >= 11 is 0. The fourth-order valence-electron chi connectivity index (χ4n) is 2.33. The molecule has 0 saturated carbocycles. The highest BCUT2D eigenvalue weighted by Crippen LogP contribution is 2.26. The van der Waals surface area contributed by atoms with Crippen LogP contribution < -0.4 is 10.5 Å². The highest BCUT2D eigenvalue weighted by Gasteiger charge is 2.30. The molecule has 1 saturated heterocycles. The van der Waals surface area contributed by atoms with Crippen LogP contribution in [-0.2, 0) is 10.0 Å². The van der Waals surface area contributed by atoms with Crippen LogP contribution >= 0.6 is 0 Å². The van der Waals surface area contributed by atoms with Gasteiger partial charge in [-0.05, 0) is 31.0 Å².